The van der Waals surface area contributed by atoms with Crippen molar-refractivity contribution in [2.45, 2.75) is 11.3 Å². The number of nitrogens with two attached hydrogens (primary N) is 1. The van der Waals surface area contributed by atoms with Crippen molar-refractivity contribution in [2.75, 3.05) is 12.3 Å². The van der Waals surface area contributed by atoms with Crippen LogP contribution in [-0.2, 0) is 16.4 Å². The van der Waals surface area contributed by atoms with E-state index in [1.807, 2.05) is 5.38 Å². The molecule has 0 amide bonds. The third kappa shape index (κ3) is 3.54. The molecule has 20 heavy (non-hydrogen) atoms. The zero-order chi connectivity index (χ0) is 14.8. The summed E-state index contributed by atoms with van der Waals surface area (Å²) in [5.41, 5.74) is 5.42. The first-order valence-electron chi connectivity index (χ1n) is 5.52. The molecule has 0 spiro atoms. The third-order valence-corrected chi connectivity index (χ3v) is 5.42. The van der Waals surface area contributed by atoms with Crippen LogP contribution in [0.3, 0.4) is 0 Å². The predicted molar refractivity (Wildman–Crippen MR) is 79.5 cm³/mol. The molecule has 0 bridgehead atoms. The maximum Gasteiger partial charge on any atom is 0.242 e. The number of nitrogen functional groups attached to an aromatic ring is 1. The lowest BCUT2D eigenvalue weighted by Gasteiger charge is -2.09. The van der Waals surface area contributed by atoms with Gasteiger partial charge in [0, 0.05) is 24.5 Å². The van der Waals surface area contributed by atoms with Gasteiger partial charge in [-0.05, 0) is 28.1 Å². The predicted octanol–water partition coefficient (Wildman–Crippen LogP) is 2.15. The molecule has 1 heterocycles. The summed E-state index contributed by atoms with van der Waals surface area (Å²) in [4.78, 5) is 3.91. The molecule has 2 aromatic rings. The SMILES string of the molecule is Nc1cc(F)c(Br)cc1S(=O)(=O)NCCc1nccs1. The summed E-state index contributed by atoms with van der Waals surface area (Å²) in [5.74, 6) is -0.607. The summed E-state index contributed by atoms with van der Waals surface area (Å²) in [7, 11) is -3.78. The van der Waals surface area contributed by atoms with Gasteiger partial charge in [0.15, 0.2) is 0 Å². The highest BCUT2D eigenvalue weighted by molar-refractivity contribution is 9.10. The lowest BCUT2D eigenvalue weighted by atomic mass is 10.3. The van der Waals surface area contributed by atoms with Crippen molar-refractivity contribution in [1.82, 2.24) is 9.71 Å². The summed E-state index contributed by atoms with van der Waals surface area (Å²) in [6.45, 7) is 0.199. The Morgan fingerprint density at radius 3 is 2.85 bits per heavy atom. The molecule has 0 atom stereocenters. The normalized spacial score (nSPS) is 11.7. The summed E-state index contributed by atoms with van der Waals surface area (Å²) in [6, 6.07) is 2.12. The van der Waals surface area contributed by atoms with E-state index in [1.165, 1.54) is 11.3 Å². The van der Waals surface area contributed by atoms with Gasteiger partial charge in [-0.1, -0.05) is 0 Å². The van der Waals surface area contributed by atoms with Crippen LogP contribution in [0.25, 0.3) is 0 Å². The van der Waals surface area contributed by atoms with E-state index < -0.39 is 15.8 Å². The van der Waals surface area contributed by atoms with E-state index in [0.717, 1.165) is 17.1 Å². The summed E-state index contributed by atoms with van der Waals surface area (Å²) < 4.78 is 39.9. The molecule has 2 rings (SSSR count). The van der Waals surface area contributed by atoms with E-state index in [1.54, 1.807) is 6.20 Å². The van der Waals surface area contributed by atoms with Gasteiger partial charge in [-0.2, -0.15) is 0 Å². The van der Waals surface area contributed by atoms with Crippen LogP contribution in [-0.4, -0.2) is 19.9 Å². The highest BCUT2D eigenvalue weighted by atomic mass is 79.9. The number of hydrogen-bond acceptors (Lipinski definition) is 5. The van der Waals surface area contributed by atoms with Crippen LogP contribution in [0.1, 0.15) is 5.01 Å². The number of sulfonamides is 1. The van der Waals surface area contributed by atoms with Gasteiger partial charge >= 0.3 is 0 Å². The Kier molecular flexibility index (Phi) is 4.74. The maximum atomic E-state index is 13.2. The first-order chi connectivity index (χ1) is 9.40. The number of thiazole rings is 1. The molecule has 0 fully saturated rings. The topological polar surface area (TPSA) is 85.1 Å². The second kappa shape index (κ2) is 6.17. The zero-order valence-corrected chi connectivity index (χ0v) is 13.4. The largest absolute Gasteiger partial charge is 0.398 e. The molecule has 0 aliphatic heterocycles. The number of halogens is 2. The molecular formula is C11H11BrFN3O2S2. The molecule has 9 heteroatoms. The van der Waals surface area contributed by atoms with E-state index >= 15 is 0 Å². The molecule has 0 saturated heterocycles. The van der Waals surface area contributed by atoms with Crippen LogP contribution in [0.15, 0.2) is 33.1 Å². The van der Waals surface area contributed by atoms with Crippen LogP contribution in [0.2, 0.25) is 0 Å². The molecule has 1 aromatic heterocycles. The average molecular weight is 380 g/mol. The summed E-state index contributed by atoms with van der Waals surface area (Å²) in [5, 5.41) is 2.65. The average Bonchev–Trinajstić information content (AvgIpc) is 2.86. The number of benzene rings is 1. The molecule has 5 nitrogen and oxygen atoms in total. The number of hydrogen-bond donors (Lipinski definition) is 2. The molecule has 0 unspecified atom stereocenters. The van der Waals surface area contributed by atoms with Gasteiger partial charge in [-0.25, -0.2) is 22.5 Å². The smallest absolute Gasteiger partial charge is 0.242 e. The van der Waals surface area contributed by atoms with Crippen molar-refractivity contribution in [3.05, 3.63) is 39.0 Å². The van der Waals surface area contributed by atoms with Crippen LogP contribution in [0.4, 0.5) is 10.1 Å². The van der Waals surface area contributed by atoms with Crippen molar-refractivity contribution in [3.8, 4) is 0 Å². The van der Waals surface area contributed by atoms with Gasteiger partial charge in [-0.3, -0.25) is 0 Å². The van der Waals surface area contributed by atoms with Crippen molar-refractivity contribution in [1.29, 1.82) is 0 Å². The minimum Gasteiger partial charge on any atom is -0.398 e. The number of rotatable bonds is 5. The van der Waals surface area contributed by atoms with Crippen LogP contribution in [0.5, 0.6) is 0 Å². The highest BCUT2D eigenvalue weighted by Crippen LogP contribution is 2.25. The highest BCUT2D eigenvalue weighted by Gasteiger charge is 2.19. The lowest BCUT2D eigenvalue weighted by molar-refractivity contribution is 0.581. The minimum absolute atomic E-state index is 0.0481. The molecule has 3 N–H and O–H groups in total. The number of nitrogens with one attached hydrogen (secondary N) is 1. The van der Waals surface area contributed by atoms with E-state index in [-0.39, 0.29) is 21.6 Å². The Labute approximate surface area is 128 Å². The lowest BCUT2D eigenvalue weighted by Crippen LogP contribution is -2.26. The minimum atomic E-state index is -3.78. The van der Waals surface area contributed by atoms with Gasteiger partial charge in [-0.15, -0.1) is 11.3 Å². The monoisotopic (exact) mass is 379 g/mol. The molecular weight excluding hydrogens is 369 g/mol. The fourth-order valence-electron chi connectivity index (χ4n) is 1.52. The van der Waals surface area contributed by atoms with Crippen molar-refractivity contribution in [3.63, 3.8) is 0 Å². The Morgan fingerprint density at radius 1 is 1.45 bits per heavy atom. The molecule has 0 aliphatic carbocycles. The van der Waals surface area contributed by atoms with E-state index in [9.17, 15) is 12.8 Å². The van der Waals surface area contributed by atoms with Gasteiger partial charge < -0.3 is 5.73 Å². The second-order valence-corrected chi connectivity index (χ2v) is 7.45. The maximum absolute atomic E-state index is 13.2. The molecule has 0 saturated carbocycles. The van der Waals surface area contributed by atoms with Crippen molar-refractivity contribution in [2.24, 2.45) is 0 Å². The van der Waals surface area contributed by atoms with Gasteiger partial charge in [0.2, 0.25) is 10.0 Å². The van der Waals surface area contributed by atoms with Crippen LogP contribution in [0, 0.1) is 5.82 Å². The number of anilines is 1. The summed E-state index contributed by atoms with van der Waals surface area (Å²) >= 11 is 4.39. The van der Waals surface area contributed by atoms with E-state index in [4.69, 9.17) is 5.73 Å². The number of aromatic nitrogens is 1. The molecule has 0 aliphatic rings. The van der Waals surface area contributed by atoms with Crippen molar-refractivity contribution < 1.29 is 12.8 Å². The van der Waals surface area contributed by atoms with E-state index in [0.29, 0.717) is 6.42 Å². The van der Waals surface area contributed by atoms with Gasteiger partial charge in [0.05, 0.1) is 15.2 Å². The second-order valence-electron chi connectivity index (χ2n) is 3.88. The van der Waals surface area contributed by atoms with E-state index in [2.05, 4.69) is 25.6 Å². The fourth-order valence-corrected chi connectivity index (χ4v) is 3.81. The number of nitrogens with zero attached hydrogens (tertiary/aromatic N) is 1. The standard InChI is InChI=1S/C11H11BrFN3O2S2/c12-7-5-10(9(14)6-8(7)13)20(17,18)16-2-1-11-15-3-4-19-11/h3-6,16H,1-2,14H2. The third-order valence-electron chi connectivity index (χ3n) is 2.46. The molecule has 0 radical (unpaired) electrons. The first kappa shape index (κ1) is 15.4. The Balaban J connectivity index is 2.12. The Bertz CT molecular complexity index is 705. The fraction of sp³-hybridized carbons (Fsp3) is 0.182. The Hall–Kier alpha value is -1.03. The van der Waals surface area contributed by atoms with Gasteiger partial charge in [0.25, 0.3) is 0 Å². The van der Waals surface area contributed by atoms with Crippen LogP contribution < -0.4 is 10.5 Å². The van der Waals surface area contributed by atoms with Crippen molar-refractivity contribution >= 4 is 43.0 Å². The Morgan fingerprint density at radius 2 is 2.20 bits per heavy atom. The van der Waals surface area contributed by atoms with Crippen LogP contribution >= 0.6 is 27.3 Å². The first-order valence-corrected chi connectivity index (χ1v) is 8.68. The zero-order valence-electron chi connectivity index (χ0n) is 10.1. The summed E-state index contributed by atoms with van der Waals surface area (Å²) in [6.07, 6.45) is 2.14. The quantitative estimate of drug-likeness (QED) is 0.779. The molecule has 108 valence electrons. The van der Waals surface area contributed by atoms with Gasteiger partial charge in [0.1, 0.15) is 10.7 Å². The molecule has 1 aromatic carbocycles.